The molecule has 0 saturated carbocycles. The van der Waals surface area contributed by atoms with Crippen LogP contribution >= 0.6 is 0 Å². The van der Waals surface area contributed by atoms with Crippen molar-refractivity contribution in [3.8, 4) is 0 Å². The Morgan fingerprint density at radius 2 is 1.42 bits per heavy atom. The minimum absolute atomic E-state index is 0.417. The Balaban J connectivity index is 3.92. The Hall–Kier alpha value is -1.09. The van der Waals surface area contributed by atoms with Crippen molar-refractivity contribution in [2.24, 2.45) is 0 Å². The van der Waals surface area contributed by atoms with E-state index < -0.39 is 46.8 Å². The van der Waals surface area contributed by atoms with Crippen LogP contribution in [0.2, 0.25) is 0 Å². The van der Waals surface area contributed by atoms with Gasteiger partial charge in [-0.2, -0.15) is 13.2 Å². The van der Waals surface area contributed by atoms with Crippen molar-refractivity contribution in [2.75, 3.05) is 12.5 Å². The highest BCUT2D eigenvalue weighted by atomic mass is 32.2. The van der Waals surface area contributed by atoms with E-state index in [-0.39, 0.29) is 0 Å². The van der Waals surface area contributed by atoms with Crippen LogP contribution in [0.4, 0.5) is 13.2 Å². The van der Waals surface area contributed by atoms with Crippen molar-refractivity contribution in [1.82, 2.24) is 0 Å². The molecule has 9 heteroatoms. The lowest BCUT2D eigenvalue weighted by Crippen LogP contribution is -2.16. The van der Waals surface area contributed by atoms with Crippen molar-refractivity contribution in [1.29, 1.82) is 0 Å². The second-order valence-corrected chi connectivity index (χ2v) is 8.04. The summed E-state index contributed by atoms with van der Waals surface area (Å²) in [6.07, 6.45) is -3.47. The molecule has 0 amide bonds. The monoisotopic (exact) mass is 316 g/mol. The van der Waals surface area contributed by atoms with E-state index in [9.17, 15) is 30.0 Å². The highest BCUT2D eigenvalue weighted by Gasteiger charge is 2.38. The van der Waals surface area contributed by atoms with Gasteiger partial charge in [0, 0.05) is 12.5 Å². The van der Waals surface area contributed by atoms with Crippen LogP contribution in [0.5, 0.6) is 0 Å². The predicted octanol–water partition coefficient (Wildman–Crippen LogP) is 1.82. The molecule has 108 valence electrons. The van der Waals surface area contributed by atoms with Crippen LogP contribution in [0.3, 0.4) is 0 Å². The molecule has 0 unspecified atom stereocenters. The lowest BCUT2D eigenvalue weighted by molar-refractivity contribution is -0.140. The van der Waals surface area contributed by atoms with Gasteiger partial charge in [-0.15, -0.1) is 0 Å². The Morgan fingerprint density at radius 3 is 1.74 bits per heavy atom. The topological polar surface area (TPSA) is 68.3 Å². The second-order valence-electron chi connectivity index (χ2n) is 4.11. The molecule has 19 heavy (non-hydrogen) atoms. The third-order valence-electron chi connectivity index (χ3n) is 2.43. The summed E-state index contributed by atoms with van der Waals surface area (Å²) < 4.78 is 84.2. The maximum atomic E-state index is 12.8. The molecule has 0 aliphatic rings. The predicted molar refractivity (Wildman–Crippen MR) is 62.4 cm³/mol. The third-order valence-corrected chi connectivity index (χ3v) is 4.94. The van der Waals surface area contributed by atoms with Crippen LogP contribution < -0.4 is 0 Å². The van der Waals surface area contributed by atoms with Crippen LogP contribution in [0.25, 0.3) is 0 Å². The number of alkyl halides is 3. The van der Waals surface area contributed by atoms with Gasteiger partial charge < -0.3 is 0 Å². The summed E-state index contributed by atoms with van der Waals surface area (Å²) in [6.45, 7) is 1.04. The molecule has 0 spiro atoms. The van der Waals surface area contributed by atoms with Crippen LogP contribution in [0.15, 0.2) is 21.9 Å². The summed E-state index contributed by atoms with van der Waals surface area (Å²) in [5, 5.41) is 0. The summed E-state index contributed by atoms with van der Waals surface area (Å²) in [4.78, 5) is -1.43. The summed E-state index contributed by atoms with van der Waals surface area (Å²) >= 11 is 0. The number of hydrogen-bond acceptors (Lipinski definition) is 4. The van der Waals surface area contributed by atoms with E-state index in [1.807, 2.05) is 0 Å². The number of hydrogen-bond donors (Lipinski definition) is 0. The van der Waals surface area contributed by atoms with Gasteiger partial charge in [-0.25, -0.2) is 16.8 Å². The molecule has 4 nitrogen and oxygen atoms in total. The summed E-state index contributed by atoms with van der Waals surface area (Å²) in [5.41, 5.74) is -1.78. The van der Waals surface area contributed by atoms with Crippen molar-refractivity contribution in [3.63, 3.8) is 0 Å². The van der Waals surface area contributed by atoms with E-state index in [0.717, 1.165) is 19.2 Å². The zero-order valence-electron chi connectivity index (χ0n) is 10.2. The summed E-state index contributed by atoms with van der Waals surface area (Å²) in [7, 11) is -8.02. The van der Waals surface area contributed by atoms with E-state index in [1.54, 1.807) is 0 Å². The first-order valence-electron chi connectivity index (χ1n) is 4.87. The van der Waals surface area contributed by atoms with Crippen molar-refractivity contribution >= 4 is 19.7 Å². The molecule has 0 fully saturated rings. The van der Waals surface area contributed by atoms with Crippen LogP contribution in [-0.4, -0.2) is 29.3 Å². The minimum Gasteiger partial charge on any atom is -0.224 e. The fraction of sp³-hybridized carbons (Fsp3) is 0.400. The zero-order valence-corrected chi connectivity index (χ0v) is 11.9. The van der Waals surface area contributed by atoms with Gasteiger partial charge in [-0.3, -0.25) is 0 Å². The molecule has 0 radical (unpaired) electrons. The molecule has 0 N–H and O–H groups in total. The Bertz CT molecular complexity index is 716. The van der Waals surface area contributed by atoms with Crippen LogP contribution in [0.1, 0.15) is 11.1 Å². The van der Waals surface area contributed by atoms with Crippen LogP contribution in [0, 0.1) is 6.92 Å². The zero-order chi connectivity index (χ0) is 15.2. The number of sulfone groups is 2. The Labute approximate surface area is 109 Å². The fourth-order valence-corrected chi connectivity index (χ4v) is 4.06. The molecule has 0 aromatic heterocycles. The summed E-state index contributed by atoms with van der Waals surface area (Å²) in [5.74, 6) is 0. The van der Waals surface area contributed by atoms with E-state index in [4.69, 9.17) is 0 Å². The van der Waals surface area contributed by atoms with Gasteiger partial charge in [-0.1, -0.05) is 0 Å². The van der Waals surface area contributed by atoms with E-state index >= 15 is 0 Å². The fourth-order valence-electron chi connectivity index (χ4n) is 1.78. The first kappa shape index (κ1) is 16.0. The smallest absolute Gasteiger partial charge is 0.224 e. The summed E-state index contributed by atoms with van der Waals surface area (Å²) in [6, 6.07) is 1.24. The molecule has 0 atom stereocenters. The standard InChI is InChI=1S/C10H11F3O4S2/c1-6-8(18(2,14)15)5-4-7(10(11,12)13)9(6)19(3,16)17/h4-5H,1-3H3. The molecule has 0 aliphatic heterocycles. The highest BCUT2D eigenvalue weighted by molar-refractivity contribution is 7.91. The lowest BCUT2D eigenvalue weighted by Gasteiger charge is -2.16. The van der Waals surface area contributed by atoms with Gasteiger partial charge >= 0.3 is 6.18 Å². The first-order chi connectivity index (χ1) is 8.26. The van der Waals surface area contributed by atoms with Crippen molar-refractivity contribution in [2.45, 2.75) is 22.9 Å². The molecular weight excluding hydrogens is 305 g/mol. The normalized spacial score (nSPS) is 13.6. The molecular formula is C10H11F3O4S2. The van der Waals surface area contributed by atoms with E-state index in [1.165, 1.54) is 0 Å². The maximum Gasteiger partial charge on any atom is 0.417 e. The first-order valence-corrected chi connectivity index (χ1v) is 8.65. The third kappa shape index (κ3) is 3.27. The van der Waals surface area contributed by atoms with Gasteiger partial charge in [0.05, 0.1) is 15.4 Å². The van der Waals surface area contributed by atoms with E-state index in [2.05, 4.69) is 0 Å². The molecule has 0 heterocycles. The van der Waals surface area contributed by atoms with Gasteiger partial charge in [0.2, 0.25) is 0 Å². The number of benzene rings is 1. The molecule has 0 aliphatic carbocycles. The van der Waals surface area contributed by atoms with Gasteiger partial charge in [-0.05, 0) is 24.6 Å². The molecule has 1 rings (SSSR count). The molecule has 1 aromatic rings. The van der Waals surface area contributed by atoms with Crippen molar-refractivity contribution in [3.05, 3.63) is 23.3 Å². The molecule has 0 bridgehead atoms. The SMILES string of the molecule is Cc1c(S(C)(=O)=O)ccc(C(F)(F)F)c1S(C)(=O)=O. The van der Waals surface area contributed by atoms with Crippen LogP contribution in [-0.2, 0) is 25.9 Å². The Kier molecular flexibility index (Phi) is 3.76. The average Bonchev–Trinajstić information content (AvgIpc) is 2.11. The number of rotatable bonds is 2. The van der Waals surface area contributed by atoms with Gasteiger partial charge in [0.1, 0.15) is 0 Å². The maximum absolute atomic E-state index is 12.8. The second kappa shape index (κ2) is 4.48. The largest absolute Gasteiger partial charge is 0.417 e. The minimum atomic E-state index is -4.88. The van der Waals surface area contributed by atoms with Crippen molar-refractivity contribution < 1.29 is 30.0 Å². The Morgan fingerprint density at radius 1 is 0.947 bits per heavy atom. The average molecular weight is 316 g/mol. The van der Waals surface area contributed by atoms with Gasteiger partial charge in [0.15, 0.2) is 19.7 Å². The lowest BCUT2D eigenvalue weighted by atomic mass is 10.1. The quantitative estimate of drug-likeness (QED) is 0.834. The van der Waals surface area contributed by atoms with Gasteiger partial charge in [0.25, 0.3) is 0 Å². The van der Waals surface area contributed by atoms with E-state index in [0.29, 0.717) is 12.3 Å². The molecule has 0 saturated heterocycles. The highest BCUT2D eigenvalue weighted by Crippen LogP contribution is 2.37. The number of halogens is 3. The molecule has 1 aromatic carbocycles.